The molecule has 0 N–H and O–H groups in total. The van der Waals surface area contributed by atoms with Crippen molar-refractivity contribution in [2.75, 3.05) is 11.9 Å². The second-order valence-electron chi connectivity index (χ2n) is 3.77. The Hall–Kier alpha value is -2.11. The first-order chi connectivity index (χ1) is 7.91. The van der Waals surface area contributed by atoms with Gasteiger partial charge in [-0.05, 0) is 26.0 Å². The van der Waals surface area contributed by atoms with Gasteiger partial charge in [0.15, 0.2) is 0 Å². The van der Waals surface area contributed by atoms with Crippen molar-refractivity contribution in [3.8, 4) is 0 Å². The van der Waals surface area contributed by atoms with E-state index in [0.29, 0.717) is 5.69 Å². The summed E-state index contributed by atoms with van der Waals surface area (Å²) >= 11 is 0. The molecule has 0 aliphatic heterocycles. The topological polar surface area (TPSA) is 72.7 Å². The molecule has 0 aromatic heterocycles. The Kier molecular flexibility index (Phi) is 4.03. The van der Waals surface area contributed by atoms with Crippen molar-refractivity contribution in [3.05, 3.63) is 34.4 Å². The molecule has 0 bridgehead atoms. The van der Waals surface area contributed by atoms with Gasteiger partial charge < -0.3 is 4.74 Å². The Morgan fingerprint density at radius 3 is 2.29 bits per heavy atom. The lowest BCUT2D eigenvalue weighted by molar-refractivity contribution is -0.384. The van der Waals surface area contributed by atoms with Crippen LogP contribution in [0.25, 0.3) is 0 Å². The van der Waals surface area contributed by atoms with Crippen molar-refractivity contribution in [3.63, 3.8) is 0 Å². The summed E-state index contributed by atoms with van der Waals surface area (Å²) < 4.78 is 5.00. The van der Waals surface area contributed by atoms with Crippen molar-refractivity contribution >= 4 is 17.5 Å². The van der Waals surface area contributed by atoms with E-state index in [4.69, 9.17) is 4.74 Å². The molecule has 0 fully saturated rings. The zero-order valence-corrected chi connectivity index (χ0v) is 9.91. The van der Waals surface area contributed by atoms with E-state index in [9.17, 15) is 14.9 Å². The summed E-state index contributed by atoms with van der Waals surface area (Å²) in [4.78, 5) is 22.8. The molecule has 0 atom stereocenters. The number of hydrogen-bond acceptors (Lipinski definition) is 4. The van der Waals surface area contributed by atoms with Crippen LogP contribution in [0, 0.1) is 10.1 Å². The summed E-state index contributed by atoms with van der Waals surface area (Å²) in [5.41, 5.74) is 0.528. The van der Waals surface area contributed by atoms with Crippen molar-refractivity contribution < 1.29 is 14.5 Å². The summed E-state index contributed by atoms with van der Waals surface area (Å²) in [6.45, 7) is 3.50. The number of amides is 1. The van der Waals surface area contributed by atoms with Gasteiger partial charge in [0.1, 0.15) is 0 Å². The van der Waals surface area contributed by atoms with E-state index in [1.54, 1.807) is 20.9 Å². The summed E-state index contributed by atoms with van der Waals surface area (Å²) in [6.07, 6.45) is -0.697. The van der Waals surface area contributed by atoms with Crippen molar-refractivity contribution in [1.29, 1.82) is 0 Å². The van der Waals surface area contributed by atoms with Crippen LogP contribution < -0.4 is 4.90 Å². The Morgan fingerprint density at radius 2 is 1.88 bits per heavy atom. The first-order valence-corrected chi connectivity index (χ1v) is 5.10. The van der Waals surface area contributed by atoms with Crippen LogP contribution in [0.1, 0.15) is 13.8 Å². The Bertz CT molecular complexity index is 414. The number of nitrogens with zero attached hydrogens (tertiary/aromatic N) is 2. The minimum absolute atomic E-state index is 0.0145. The first-order valence-electron chi connectivity index (χ1n) is 5.10. The molecule has 1 rings (SSSR count). The fourth-order valence-electron chi connectivity index (χ4n) is 1.18. The van der Waals surface area contributed by atoms with Crippen LogP contribution in [0.5, 0.6) is 0 Å². The quantitative estimate of drug-likeness (QED) is 0.599. The zero-order valence-electron chi connectivity index (χ0n) is 9.91. The smallest absolute Gasteiger partial charge is 0.414 e. The SMILES string of the molecule is CC(C)OC(=O)N(C)c1ccc([N+](=O)[O-])cc1. The lowest BCUT2D eigenvalue weighted by atomic mass is 10.3. The van der Waals surface area contributed by atoms with Gasteiger partial charge in [0.2, 0.25) is 0 Å². The molecule has 0 saturated heterocycles. The van der Waals surface area contributed by atoms with Crippen LogP contribution in [0.3, 0.4) is 0 Å². The Balaban J connectivity index is 2.79. The number of anilines is 1. The third kappa shape index (κ3) is 3.44. The molecule has 1 aromatic carbocycles. The van der Waals surface area contributed by atoms with E-state index in [1.165, 1.54) is 29.2 Å². The molecular formula is C11H14N2O4. The Labute approximate surface area is 98.9 Å². The number of non-ortho nitro benzene ring substituents is 1. The van der Waals surface area contributed by atoms with E-state index in [2.05, 4.69) is 0 Å². The highest BCUT2D eigenvalue weighted by Gasteiger charge is 2.14. The zero-order chi connectivity index (χ0) is 13.0. The summed E-state index contributed by atoms with van der Waals surface area (Å²) in [7, 11) is 1.55. The third-order valence-corrected chi connectivity index (χ3v) is 2.06. The van der Waals surface area contributed by atoms with Gasteiger partial charge in [0, 0.05) is 24.9 Å². The fourth-order valence-corrected chi connectivity index (χ4v) is 1.18. The first kappa shape index (κ1) is 13.0. The van der Waals surface area contributed by atoms with Crippen molar-refractivity contribution in [2.45, 2.75) is 20.0 Å². The highest BCUT2D eigenvalue weighted by Crippen LogP contribution is 2.19. The number of carbonyl (C=O) groups is 1. The highest BCUT2D eigenvalue weighted by molar-refractivity contribution is 5.87. The second-order valence-corrected chi connectivity index (χ2v) is 3.77. The van der Waals surface area contributed by atoms with Crippen LogP contribution in [0.15, 0.2) is 24.3 Å². The maximum atomic E-state index is 11.5. The predicted octanol–water partition coefficient (Wildman–Crippen LogP) is 2.58. The monoisotopic (exact) mass is 238 g/mol. The number of hydrogen-bond donors (Lipinski definition) is 0. The molecule has 17 heavy (non-hydrogen) atoms. The van der Waals surface area contributed by atoms with Crippen LogP contribution in [-0.4, -0.2) is 24.2 Å². The van der Waals surface area contributed by atoms with Gasteiger partial charge in [-0.25, -0.2) is 4.79 Å². The van der Waals surface area contributed by atoms with Gasteiger partial charge in [-0.1, -0.05) is 0 Å². The van der Waals surface area contributed by atoms with Crippen molar-refractivity contribution in [2.24, 2.45) is 0 Å². The van der Waals surface area contributed by atoms with E-state index >= 15 is 0 Å². The predicted molar refractivity (Wildman–Crippen MR) is 63.1 cm³/mol. The molecule has 1 aromatic rings. The highest BCUT2D eigenvalue weighted by atomic mass is 16.6. The minimum Gasteiger partial charge on any atom is -0.446 e. The van der Waals surface area contributed by atoms with Gasteiger partial charge in [0.05, 0.1) is 11.0 Å². The molecule has 0 unspecified atom stereocenters. The van der Waals surface area contributed by atoms with E-state index < -0.39 is 11.0 Å². The standard InChI is InChI=1S/C11H14N2O4/c1-8(2)17-11(14)12(3)9-4-6-10(7-5-9)13(15)16/h4-8H,1-3H3. The number of carbonyl (C=O) groups excluding carboxylic acids is 1. The van der Waals surface area contributed by atoms with Gasteiger partial charge in [-0.15, -0.1) is 0 Å². The maximum absolute atomic E-state index is 11.5. The lowest BCUT2D eigenvalue weighted by Crippen LogP contribution is -2.29. The summed E-state index contributed by atoms with van der Waals surface area (Å²) in [5, 5.41) is 10.5. The van der Waals surface area contributed by atoms with Crippen LogP contribution in [-0.2, 0) is 4.74 Å². The van der Waals surface area contributed by atoms with E-state index in [0.717, 1.165) is 0 Å². The molecule has 0 saturated carbocycles. The number of benzene rings is 1. The number of nitro groups is 1. The minimum atomic E-state index is -0.492. The largest absolute Gasteiger partial charge is 0.446 e. The number of nitro benzene ring substituents is 1. The summed E-state index contributed by atoms with van der Waals surface area (Å²) in [5.74, 6) is 0. The van der Waals surface area contributed by atoms with E-state index in [1.807, 2.05) is 0 Å². The maximum Gasteiger partial charge on any atom is 0.414 e. The molecule has 1 amide bonds. The van der Waals surface area contributed by atoms with Crippen LogP contribution in [0.4, 0.5) is 16.2 Å². The fraction of sp³-hybridized carbons (Fsp3) is 0.364. The number of ether oxygens (including phenoxy) is 1. The Morgan fingerprint density at radius 1 is 1.35 bits per heavy atom. The molecule has 6 nitrogen and oxygen atoms in total. The molecule has 0 radical (unpaired) electrons. The number of rotatable bonds is 3. The van der Waals surface area contributed by atoms with Gasteiger partial charge in [-0.2, -0.15) is 0 Å². The molecule has 92 valence electrons. The molecule has 0 spiro atoms. The molecular weight excluding hydrogens is 224 g/mol. The van der Waals surface area contributed by atoms with Crippen LogP contribution in [0.2, 0.25) is 0 Å². The van der Waals surface area contributed by atoms with Gasteiger partial charge in [0.25, 0.3) is 5.69 Å². The molecule has 0 heterocycles. The molecule has 0 aliphatic rings. The molecule has 6 heteroatoms. The normalized spacial score (nSPS) is 10.1. The molecule has 0 aliphatic carbocycles. The van der Waals surface area contributed by atoms with E-state index in [-0.39, 0.29) is 11.8 Å². The summed E-state index contributed by atoms with van der Waals surface area (Å²) in [6, 6.07) is 5.68. The van der Waals surface area contributed by atoms with Gasteiger partial charge in [-0.3, -0.25) is 15.0 Å². The lowest BCUT2D eigenvalue weighted by Gasteiger charge is -2.18. The van der Waals surface area contributed by atoms with Crippen LogP contribution >= 0.6 is 0 Å². The average Bonchev–Trinajstić information content (AvgIpc) is 2.27. The van der Waals surface area contributed by atoms with Crippen molar-refractivity contribution in [1.82, 2.24) is 0 Å². The average molecular weight is 238 g/mol. The van der Waals surface area contributed by atoms with Gasteiger partial charge >= 0.3 is 6.09 Å². The second kappa shape index (κ2) is 5.29. The third-order valence-electron chi connectivity index (χ3n) is 2.06.